The van der Waals surface area contributed by atoms with E-state index in [0.29, 0.717) is 12.5 Å². The van der Waals surface area contributed by atoms with E-state index in [9.17, 15) is 0 Å². The molecule has 0 saturated carbocycles. The maximum atomic E-state index is 5.63. The summed E-state index contributed by atoms with van der Waals surface area (Å²) >= 11 is 0. The predicted octanol–water partition coefficient (Wildman–Crippen LogP) is 1.74. The lowest BCUT2D eigenvalue weighted by atomic mass is 10.0. The SMILES string of the molecule is CC(CN)c1ccc(N2CCCC2)nc1. The van der Waals surface area contributed by atoms with E-state index in [-0.39, 0.29) is 0 Å². The zero-order chi connectivity index (χ0) is 10.7. The molecule has 3 nitrogen and oxygen atoms in total. The van der Waals surface area contributed by atoms with Crippen LogP contribution >= 0.6 is 0 Å². The van der Waals surface area contributed by atoms with E-state index in [4.69, 9.17) is 5.73 Å². The average molecular weight is 205 g/mol. The highest BCUT2D eigenvalue weighted by Gasteiger charge is 2.13. The van der Waals surface area contributed by atoms with Crippen LogP contribution < -0.4 is 10.6 Å². The van der Waals surface area contributed by atoms with Crippen LogP contribution in [-0.2, 0) is 0 Å². The van der Waals surface area contributed by atoms with Crippen LogP contribution in [0, 0.1) is 0 Å². The fourth-order valence-electron chi connectivity index (χ4n) is 1.96. The van der Waals surface area contributed by atoms with E-state index in [1.165, 1.54) is 18.4 Å². The van der Waals surface area contributed by atoms with Crippen LogP contribution in [0.3, 0.4) is 0 Å². The predicted molar refractivity (Wildman–Crippen MR) is 63.2 cm³/mol. The van der Waals surface area contributed by atoms with Crippen molar-refractivity contribution in [1.82, 2.24) is 4.98 Å². The van der Waals surface area contributed by atoms with Crippen LogP contribution in [0.15, 0.2) is 18.3 Å². The average Bonchev–Trinajstić information content (AvgIpc) is 2.82. The largest absolute Gasteiger partial charge is 0.357 e. The smallest absolute Gasteiger partial charge is 0.128 e. The molecule has 0 spiro atoms. The van der Waals surface area contributed by atoms with Crippen LogP contribution in [-0.4, -0.2) is 24.6 Å². The molecule has 1 unspecified atom stereocenters. The molecule has 1 saturated heterocycles. The first-order valence-electron chi connectivity index (χ1n) is 5.72. The van der Waals surface area contributed by atoms with Crippen molar-refractivity contribution in [1.29, 1.82) is 0 Å². The lowest BCUT2D eigenvalue weighted by Crippen LogP contribution is -2.19. The third-order valence-electron chi connectivity index (χ3n) is 3.12. The van der Waals surface area contributed by atoms with Gasteiger partial charge >= 0.3 is 0 Å². The van der Waals surface area contributed by atoms with Crippen molar-refractivity contribution in [3.63, 3.8) is 0 Å². The van der Waals surface area contributed by atoms with Gasteiger partial charge in [0.15, 0.2) is 0 Å². The summed E-state index contributed by atoms with van der Waals surface area (Å²) < 4.78 is 0. The summed E-state index contributed by atoms with van der Waals surface area (Å²) in [6, 6.07) is 4.27. The molecule has 1 aliphatic heterocycles. The van der Waals surface area contributed by atoms with Crippen molar-refractivity contribution in [3.8, 4) is 0 Å². The molecule has 82 valence electrons. The zero-order valence-electron chi connectivity index (χ0n) is 9.32. The van der Waals surface area contributed by atoms with Crippen molar-refractivity contribution in [3.05, 3.63) is 23.9 Å². The Bertz CT molecular complexity index is 301. The topological polar surface area (TPSA) is 42.1 Å². The quantitative estimate of drug-likeness (QED) is 0.817. The molecule has 1 atom stereocenters. The van der Waals surface area contributed by atoms with E-state index >= 15 is 0 Å². The Morgan fingerprint density at radius 3 is 2.67 bits per heavy atom. The van der Waals surface area contributed by atoms with Gasteiger partial charge < -0.3 is 10.6 Å². The van der Waals surface area contributed by atoms with E-state index in [1.807, 2.05) is 6.20 Å². The van der Waals surface area contributed by atoms with Crippen LogP contribution in [0.5, 0.6) is 0 Å². The molecular formula is C12H19N3. The van der Waals surface area contributed by atoms with Gasteiger partial charge in [0.05, 0.1) is 0 Å². The summed E-state index contributed by atoms with van der Waals surface area (Å²) in [6.45, 7) is 5.12. The zero-order valence-corrected chi connectivity index (χ0v) is 9.32. The van der Waals surface area contributed by atoms with Crippen molar-refractivity contribution in [2.75, 3.05) is 24.5 Å². The Morgan fingerprint density at radius 1 is 1.40 bits per heavy atom. The minimum atomic E-state index is 0.408. The van der Waals surface area contributed by atoms with Gasteiger partial charge in [-0.15, -0.1) is 0 Å². The molecule has 2 rings (SSSR count). The van der Waals surface area contributed by atoms with Crippen molar-refractivity contribution < 1.29 is 0 Å². The van der Waals surface area contributed by atoms with Gasteiger partial charge in [0.1, 0.15) is 5.82 Å². The van der Waals surface area contributed by atoms with Gasteiger partial charge in [-0.25, -0.2) is 4.98 Å². The lowest BCUT2D eigenvalue weighted by molar-refractivity contribution is 0.768. The van der Waals surface area contributed by atoms with E-state index < -0.39 is 0 Å². The third kappa shape index (κ3) is 2.29. The highest BCUT2D eigenvalue weighted by Crippen LogP contribution is 2.20. The Kier molecular flexibility index (Phi) is 3.21. The maximum Gasteiger partial charge on any atom is 0.128 e. The van der Waals surface area contributed by atoms with Gasteiger partial charge in [0.25, 0.3) is 0 Å². The van der Waals surface area contributed by atoms with Gasteiger partial charge in [-0.3, -0.25) is 0 Å². The number of hydrogen-bond donors (Lipinski definition) is 1. The first-order valence-corrected chi connectivity index (χ1v) is 5.72. The lowest BCUT2D eigenvalue weighted by Gasteiger charge is -2.17. The van der Waals surface area contributed by atoms with Crippen LogP contribution in [0.4, 0.5) is 5.82 Å². The molecule has 3 heteroatoms. The van der Waals surface area contributed by atoms with Crippen LogP contribution in [0.1, 0.15) is 31.2 Å². The van der Waals surface area contributed by atoms with E-state index in [2.05, 4.69) is 28.9 Å². The monoisotopic (exact) mass is 205 g/mol. The normalized spacial score (nSPS) is 18.1. The standard InChI is InChI=1S/C12H19N3/c1-10(8-13)11-4-5-12(14-9-11)15-6-2-3-7-15/h4-5,9-10H,2-3,6-8,13H2,1H3. The van der Waals surface area contributed by atoms with E-state index in [0.717, 1.165) is 18.9 Å². The summed E-state index contributed by atoms with van der Waals surface area (Å²) in [5, 5.41) is 0. The fraction of sp³-hybridized carbons (Fsp3) is 0.583. The number of nitrogens with two attached hydrogens (primary N) is 1. The van der Waals surface area contributed by atoms with E-state index in [1.54, 1.807) is 0 Å². The second-order valence-corrected chi connectivity index (χ2v) is 4.28. The number of hydrogen-bond acceptors (Lipinski definition) is 3. The highest BCUT2D eigenvalue weighted by molar-refractivity contribution is 5.40. The Balaban J connectivity index is 2.09. The van der Waals surface area contributed by atoms with Gasteiger partial charge in [-0.2, -0.15) is 0 Å². The van der Waals surface area contributed by atoms with Crippen LogP contribution in [0.25, 0.3) is 0 Å². The molecule has 0 bridgehead atoms. The first kappa shape index (κ1) is 10.4. The Labute approximate surface area is 91.3 Å². The summed E-state index contributed by atoms with van der Waals surface area (Å²) in [5.41, 5.74) is 6.86. The summed E-state index contributed by atoms with van der Waals surface area (Å²) in [5.74, 6) is 1.52. The number of anilines is 1. The minimum Gasteiger partial charge on any atom is -0.357 e. The first-order chi connectivity index (χ1) is 7.31. The van der Waals surface area contributed by atoms with Crippen molar-refractivity contribution >= 4 is 5.82 Å². The molecule has 1 aliphatic rings. The second kappa shape index (κ2) is 4.62. The minimum absolute atomic E-state index is 0.408. The fourth-order valence-corrected chi connectivity index (χ4v) is 1.96. The Morgan fingerprint density at radius 2 is 2.13 bits per heavy atom. The highest BCUT2D eigenvalue weighted by atomic mass is 15.2. The third-order valence-corrected chi connectivity index (χ3v) is 3.12. The summed E-state index contributed by atoms with van der Waals surface area (Å²) in [6.07, 6.45) is 4.55. The molecule has 2 heterocycles. The number of nitrogens with zero attached hydrogens (tertiary/aromatic N) is 2. The number of rotatable bonds is 3. The molecule has 1 fully saturated rings. The number of aromatic nitrogens is 1. The van der Waals surface area contributed by atoms with Gasteiger partial charge in [-0.1, -0.05) is 13.0 Å². The van der Waals surface area contributed by atoms with Crippen molar-refractivity contribution in [2.24, 2.45) is 5.73 Å². The molecule has 0 radical (unpaired) electrons. The molecule has 15 heavy (non-hydrogen) atoms. The van der Waals surface area contributed by atoms with Crippen molar-refractivity contribution in [2.45, 2.75) is 25.7 Å². The summed E-state index contributed by atoms with van der Waals surface area (Å²) in [7, 11) is 0. The molecule has 1 aromatic heterocycles. The molecule has 1 aromatic rings. The Hall–Kier alpha value is -1.09. The maximum absolute atomic E-state index is 5.63. The molecule has 2 N–H and O–H groups in total. The van der Waals surface area contributed by atoms with Gasteiger partial charge in [-0.05, 0) is 36.9 Å². The summed E-state index contributed by atoms with van der Waals surface area (Å²) in [4.78, 5) is 6.84. The molecule has 0 aliphatic carbocycles. The van der Waals surface area contributed by atoms with Gasteiger partial charge in [0, 0.05) is 19.3 Å². The second-order valence-electron chi connectivity index (χ2n) is 4.28. The number of pyridine rings is 1. The van der Waals surface area contributed by atoms with Gasteiger partial charge in [0.2, 0.25) is 0 Å². The molecule has 0 amide bonds. The molecule has 0 aromatic carbocycles. The molecular weight excluding hydrogens is 186 g/mol. The van der Waals surface area contributed by atoms with Crippen LogP contribution in [0.2, 0.25) is 0 Å².